The van der Waals surface area contributed by atoms with Crippen molar-refractivity contribution < 1.29 is 4.39 Å². The van der Waals surface area contributed by atoms with Crippen LogP contribution in [0.15, 0.2) is 18.2 Å². The maximum absolute atomic E-state index is 12.8. The molecule has 0 aliphatic rings. The third-order valence-electron chi connectivity index (χ3n) is 1.47. The Hall–Kier alpha value is -0.600. The highest BCUT2D eigenvalue weighted by Crippen LogP contribution is 2.18. The SMILES string of the molecule is CC(N)c1ccc(Cl)c(F)c1. The minimum atomic E-state index is -0.415. The first kappa shape index (κ1) is 8.50. The number of hydrogen-bond donors (Lipinski definition) is 1. The van der Waals surface area contributed by atoms with Gasteiger partial charge in [0.15, 0.2) is 0 Å². The van der Waals surface area contributed by atoms with E-state index in [1.807, 2.05) is 0 Å². The summed E-state index contributed by atoms with van der Waals surface area (Å²) in [5, 5.41) is 0.134. The largest absolute Gasteiger partial charge is 0.324 e. The molecule has 0 aromatic heterocycles. The first-order chi connectivity index (χ1) is 5.11. The Morgan fingerprint density at radius 1 is 1.55 bits per heavy atom. The fourth-order valence-corrected chi connectivity index (χ4v) is 0.913. The van der Waals surface area contributed by atoms with Crippen molar-refractivity contribution in [1.82, 2.24) is 0 Å². The molecule has 0 radical (unpaired) electrons. The summed E-state index contributed by atoms with van der Waals surface area (Å²) in [6.07, 6.45) is 0. The number of benzene rings is 1. The van der Waals surface area contributed by atoms with Crippen molar-refractivity contribution in [2.24, 2.45) is 5.73 Å². The van der Waals surface area contributed by atoms with Crippen molar-refractivity contribution in [1.29, 1.82) is 0 Å². The van der Waals surface area contributed by atoms with Crippen LogP contribution in [0, 0.1) is 5.82 Å². The summed E-state index contributed by atoms with van der Waals surface area (Å²) in [5.41, 5.74) is 6.28. The van der Waals surface area contributed by atoms with E-state index in [9.17, 15) is 4.39 Å². The molecule has 11 heavy (non-hydrogen) atoms. The Kier molecular flexibility index (Phi) is 2.47. The van der Waals surface area contributed by atoms with E-state index in [-0.39, 0.29) is 11.1 Å². The lowest BCUT2D eigenvalue weighted by Gasteiger charge is -2.04. The second-order valence-corrected chi connectivity index (χ2v) is 2.87. The zero-order valence-electron chi connectivity index (χ0n) is 6.14. The summed E-state index contributed by atoms with van der Waals surface area (Å²) in [7, 11) is 0. The average molecular weight is 174 g/mol. The molecule has 0 spiro atoms. The van der Waals surface area contributed by atoms with Crippen molar-refractivity contribution >= 4 is 11.6 Å². The fourth-order valence-electron chi connectivity index (χ4n) is 0.796. The molecule has 1 aromatic rings. The van der Waals surface area contributed by atoms with E-state index in [0.717, 1.165) is 5.56 Å². The minimum Gasteiger partial charge on any atom is -0.324 e. The molecule has 2 N–H and O–H groups in total. The Balaban J connectivity index is 3.05. The summed E-state index contributed by atoms with van der Waals surface area (Å²) in [5.74, 6) is -0.415. The van der Waals surface area contributed by atoms with Gasteiger partial charge in [0.2, 0.25) is 0 Å². The number of hydrogen-bond acceptors (Lipinski definition) is 1. The van der Waals surface area contributed by atoms with Crippen molar-refractivity contribution in [3.63, 3.8) is 0 Å². The molecule has 0 bridgehead atoms. The van der Waals surface area contributed by atoms with Crippen LogP contribution in [-0.2, 0) is 0 Å². The second kappa shape index (κ2) is 3.20. The van der Waals surface area contributed by atoms with Gasteiger partial charge in [-0.2, -0.15) is 0 Å². The Labute approximate surface area is 70.0 Å². The lowest BCUT2D eigenvalue weighted by Crippen LogP contribution is -2.04. The average Bonchev–Trinajstić information content (AvgIpc) is 1.94. The third kappa shape index (κ3) is 1.91. The zero-order chi connectivity index (χ0) is 8.43. The van der Waals surface area contributed by atoms with Crippen LogP contribution in [0.3, 0.4) is 0 Å². The molecule has 0 saturated carbocycles. The van der Waals surface area contributed by atoms with E-state index in [1.54, 1.807) is 13.0 Å². The summed E-state index contributed by atoms with van der Waals surface area (Å²) < 4.78 is 12.8. The third-order valence-corrected chi connectivity index (χ3v) is 1.78. The van der Waals surface area contributed by atoms with Gasteiger partial charge in [0.05, 0.1) is 5.02 Å². The Bertz CT molecular complexity index is 260. The monoisotopic (exact) mass is 173 g/mol. The molecule has 0 amide bonds. The predicted octanol–water partition coefficient (Wildman–Crippen LogP) is 2.50. The highest BCUT2D eigenvalue weighted by Gasteiger charge is 2.03. The molecule has 1 aromatic carbocycles. The first-order valence-corrected chi connectivity index (χ1v) is 3.69. The molecule has 0 heterocycles. The molecule has 0 fully saturated rings. The maximum atomic E-state index is 12.8. The normalized spacial score (nSPS) is 13.1. The van der Waals surface area contributed by atoms with E-state index in [1.165, 1.54) is 12.1 Å². The van der Waals surface area contributed by atoms with Gasteiger partial charge >= 0.3 is 0 Å². The van der Waals surface area contributed by atoms with Crippen LogP contribution >= 0.6 is 11.6 Å². The van der Waals surface area contributed by atoms with E-state index >= 15 is 0 Å². The van der Waals surface area contributed by atoms with Gasteiger partial charge in [-0.1, -0.05) is 17.7 Å². The van der Waals surface area contributed by atoms with Crippen molar-refractivity contribution in [3.05, 3.63) is 34.6 Å². The highest BCUT2D eigenvalue weighted by molar-refractivity contribution is 6.30. The summed E-state index contributed by atoms with van der Waals surface area (Å²) in [6, 6.07) is 4.43. The van der Waals surface area contributed by atoms with Crippen LogP contribution in [0.5, 0.6) is 0 Å². The van der Waals surface area contributed by atoms with E-state index < -0.39 is 5.82 Å². The Morgan fingerprint density at radius 3 is 2.64 bits per heavy atom. The number of nitrogens with two attached hydrogens (primary N) is 1. The highest BCUT2D eigenvalue weighted by atomic mass is 35.5. The van der Waals surface area contributed by atoms with Crippen LogP contribution in [0.2, 0.25) is 5.02 Å². The molecule has 1 atom stereocenters. The molecule has 0 aliphatic heterocycles. The number of halogens is 2. The predicted molar refractivity (Wildman–Crippen MR) is 44.0 cm³/mol. The van der Waals surface area contributed by atoms with E-state index in [2.05, 4.69) is 0 Å². The molecular formula is C8H9ClFN. The van der Waals surface area contributed by atoms with Crippen LogP contribution < -0.4 is 5.73 Å². The summed E-state index contributed by atoms with van der Waals surface area (Å²) in [6.45, 7) is 1.79. The van der Waals surface area contributed by atoms with E-state index in [4.69, 9.17) is 17.3 Å². The Morgan fingerprint density at radius 2 is 2.18 bits per heavy atom. The zero-order valence-corrected chi connectivity index (χ0v) is 6.90. The number of rotatable bonds is 1. The van der Waals surface area contributed by atoms with Gasteiger partial charge < -0.3 is 5.73 Å². The van der Waals surface area contributed by atoms with Crippen LogP contribution in [0.4, 0.5) is 4.39 Å². The van der Waals surface area contributed by atoms with Gasteiger partial charge in [-0.15, -0.1) is 0 Å². The van der Waals surface area contributed by atoms with Crippen molar-refractivity contribution in [2.75, 3.05) is 0 Å². The van der Waals surface area contributed by atoms with Crippen molar-refractivity contribution in [3.8, 4) is 0 Å². The van der Waals surface area contributed by atoms with Gasteiger partial charge in [0, 0.05) is 6.04 Å². The lowest BCUT2D eigenvalue weighted by molar-refractivity contribution is 0.623. The topological polar surface area (TPSA) is 26.0 Å². The summed E-state index contributed by atoms with van der Waals surface area (Å²) >= 11 is 5.47. The molecule has 60 valence electrons. The molecule has 0 aliphatic carbocycles. The van der Waals surface area contributed by atoms with Gasteiger partial charge in [-0.3, -0.25) is 0 Å². The van der Waals surface area contributed by atoms with Crippen LogP contribution in [-0.4, -0.2) is 0 Å². The molecular weight excluding hydrogens is 165 g/mol. The fraction of sp³-hybridized carbons (Fsp3) is 0.250. The maximum Gasteiger partial charge on any atom is 0.142 e. The van der Waals surface area contributed by atoms with Crippen LogP contribution in [0.1, 0.15) is 18.5 Å². The molecule has 0 saturated heterocycles. The first-order valence-electron chi connectivity index (χ1n) is 3.32. The van der Waals surface area contributed by atoms with Gasteiger partial charge in [0.1, 0.15) is 5.82 Å². The van der Waals surface area contributed by atoms with Gasteiger partial charge in [-0.05, 0) is 24.6 Å². The van der Waals surface area contributed by atoms with Gasteiger partial charge in [0.25, 0.3) is 0 Å². The van der Waals surface area contributed by atoms with Gasteiger partial charge in [-0.25, -0.2) is 4.39 Å². The lowest BCUT2D eigenvalue weighted by atomic mass is 10.1. The van der Waals surface area contributed by atoms with Crippen LogP contribution in [0.25, 0.3) is 0 Å². The molecule has 3 heteroatoms. The van der Waals surface area contributed by atoms with E-state index in [0.29, 0.717) is 0 Å². The molecule has 1 rings (SSSR count). The standard InChI is InChI=1S/C8H9ClFN/c1-5(11)6-2-3-7(9)8(10)4-6/h2-5H,11H2,1H3. The second-order valence-electron chi connectivity index (χ2n) is 2.46. The van der Waals surface area contributed by atoms with Crippen molar-refractivity contribution in [2.45, 2.75) is 13.0 Å². The smallest absolute Gasteiger partial charge is 0.142 e. The molecule has 1 nitrogen and oxygen atoms in total. The quantitative estimate of drug-likeness (QED) is 0.694. The minimum absolute atomic E-state index is 0.134. The summed E-state index contributed by atoms with van der Waals surface area (Å²) in [4.78, 5) is 0. The molecule has 1 unspecified atom stereocenters.